The highest BCUT2D eigenvalue weighted by molar-refractivity contribution is 5.88. The molecule has 0 amide bonds. The Morgan fingerprint density at radius 1 is 1.24 bits per heavy atom. The largest absolute Gasteiger partial charge is 0.618 e. The predicted molar refractivity (Wildman–Crippen MR) is 87.9 cm³/mol. The number of methoxy groups -OCH3 is 1. The van der Waals surface area contributed by atoms with Crippen molar-refractivity contribution in [2.45, 2.75) is 33.3 Å². The van der Waals surface area contributed by atoms with E-state index in [1.165, 1.54) is 13.2 Å². The van der Waals surface area contributed by atoms with E-state index in [-0.39, 0.29) is 36.5 Å². The molecule has 0 radical (unpaired) electrons. The van der Waals surface area contributed by atoms with E-state index in [9.17, 15) is 14.8 Å². The van der Waals surface area contributed by atoms with Gasteiger partial charge in [-0.05, 0) is 25.5 Å². The lowest BCUT2D eigenvalue weighted by Gasteiger charge is -2.12. The van der Waals surface area contributed by atoms with Gasteiger partial charge in [-0.3, -0.25) is 4.79 Å². The second-order valence-electron chi connectivity index (χ2n) is 5.19. The molecule has 0 unspecified atom stereocenters. The van der Waals surface area contributed by atoms with E-state index in [0.717, 1.165) is 0 Å². The van der Waals surface area contributed by atoms with Gasteiger partial charge in [-0.15, -0.1) is 0 Å². The summed E-state index contributed by atoms with van der Waals surface area (Å²) in [6.45, 7) is 3.30. The Morgan fingerprint density at radius 3 is 2.64 bits per heavy atom. The van der Waals surface area contributed by atoms with Gasteiger partial charge in [0.15, 0.2) is 5.69 Å². The summed E-state index contributed by atoms with van der Waals surface area (Å²) in [4.78, 5) is 28.1. The van der Waals surface area contributed by atoms with Crippen LogP contribution in [-0.2, 0) is 20.9 Å². The molecule has 8 heteroatoms. The van der Waals surface area contributed by atoms with Crippen LogP contribution in [0.2, 0.25) is 0 Å². The fraction of sp³-hybridized carbons (Fsp3) is 0.412. The topological polar surface area (TPSA) is 102 Å². The van der Waals surface area contributed by atoms with Crippen molar-refractivity contribution in [3.8, 4) is 5.75 Å². The number of aromatic nitrogens is 2. The van der Waals surface area contributed by atoms with Gasteiger partial charge < -0.3 is 19.4 Å². The first kappa shape index (κ1) is 18.4. The summed E-state index contributed by atoms with van der Waals surface area (Å²) in [7, 11) is 1.47. The summed E-state index contributed by atoms with van der Waals surface area (Å²) in [6.07, 6.45) is 0.882. The fourth-order valence-electron chi connectivity index (χ4n) is 2.25. The molecule has 0 atom stereocenters. The Kier molecular flexibility index (Phi) is 6.10. The number of hydrogen-bond acceptors (Lipinski definition) is 7. The van der Waals surface area contributed by atoms with Crippen LogP contribution in [-0.4, -0.2) is 30.6 Å². The minimum Gasteiger partial charge on any atom is -0.618 e. The number of esters is 2. The van der Waals surface area contributed by atoms with Crippen molar-refractivity contribution in [2.75, 3.05) is 13.7 Å². The van der Waals surface area contributed by atoms with Crippen LogP contribution >= 0.6 is 0 Å². The quantitative estimate of drug-likeness (QED) is 0.428. The second-order valence-corrected chi connectivity index (χ2v) is 5.19. The highest BCUT2D eigenvalue weighted by Gasteiger charge is 2.28. The Balaban J connectivity index is 2.51. The molecule has 2 rings (SSSR count). The van der Waals surface area contributed by atoms with Crippen molar-refractivity contribution in [3.05, 3.63) is 34.8 Å². The minimum atomic E-state index is -0.823. The molecule has 0 N–H and O–H groups in total. The maximum atomic E-state index is 12.7. The molecular weight excluding hydrogens is 328 g/mol. The first-order valence-corrected chi connectivity index (χ1v) is 7.94. The zero-order valence-electron chi connectivity index (χ0n) is 14.4. The van der Waals surface area contributed by atoms with Crippen molar-refractivity contribution in [3.63, 3.8) is 0 Å². The molecule has 25 heavy (non-hydrogen) atoms. The molecule has 0 spiro atoms. The lowest BCUT2D eigenvalue weighted by Crippen LogP contribution is -2.39. The van der Waals surface area contributed by atoms with E-state index in [0.29, 0.717) is 22.4 Å². The number of fused-ring (bicyclic) bond motifs is 1. The average molecular weight is 348 g/mol. The van der Waals surface area contributed by atoms with E-state index < -0.39 is 11.9 Å². The number of benzene rings is 1. The smallest absolute Gasteiger partial charge is 0.407 e. The maximum absolute atomic E-state index is 12.7. The molecule has 1 heterocycles. The zero-order valence-corrected chi connectivity index (χ0v) is 14.4. The lowest BCUT2D eigenvalue weighted by atomic mass is 10.2. The Hall–Kier alpha value is -2.90. The molecule has 134 valence electrons. The third-order valence-electron chi connectivity index (χ3n) is 3.43. The Labute approximate surface area is 144 Å². The number of carbonyl (C=O) groups is 2. The van der Waals surface area contributed by atoms with E-state index in [2.05, 4.69) is 4.98 Å². The molecule has 0 aliphatic rings. The first-order chi connectivity index (χ1) is 12.0. The third kappa shape index (κ3) is 4.14. The third-order valence-corrected chi connectivity index (χ3v) is 3.43. The molecule has 1 aromatic carbocycles. The summed E-state index contributed by atoms with van der Waals surface area (Å²) in [5.41, 5.74) is 0.263. The summed E-state index contributed by atoms with van der Waals surface area (Å²) >= 11 is 0. The fourth-order valence-corrected chi connectivity index (χ4v) is 2.25. The molecule has 0 saturated heterocycles. The van der Waals surface area contributed by atoms with E-state index >= 15 is 0 Å². The number of rotatable bonds is 7. The van der Waals surface area contributed by atoms with Gasteiger partial charge in [0.05, 0.1) is 19.8 Å². The summed E-state index contributed by atoms with van der Waals surface area (Å²) in [5.74, 6) is -0.793. The van der Waals surface area contributed by atoms with Crippen molar-refractivity contribution in [1.29, 1.82) is 0 Å². The minimum absolute atomic E-state index is 0.0515. The molecule has 8 nitrogen and oxygen atoms in total. The average Bonchev–Trinajstić information content (AvgIpc) is 2.60. The molecule has 0 fully saturated rings. The predicted octanol–water partition coefficient (Wildman–Crippen LogP) is 1.90. The van der Waals surface area contributed by atoms with Crippen molar-refractivity contribution in [2.24, 2.45) is 0 Å². The van der Waals surface area contributed by atoms with Crippen molar-refractivity contribution >= 4 is 23.0 Å². The van der Waals surface area contributed by atoms with E-state index in [1.807, 2.05) is 6.92 Å². The van der Waals surface area contributed by atoms with Crippen LogP contribution in [0.25, 0.3) is 11.0 Å². The van der Waals surface area contributed by atoms with Gasteiger partial charge in [0.25, 0.3) is 0 Å². The van der Waals surface area contributed by atoms with Crippen LogP contribution in [0.3, 0.4) is 0 Å². The molecular formula is C17H20N2O6. The van der Waals surface area contributed by atoms with Crippen molar-refractivity contribution in [1.82, 2.24) is 4.98 Å². The number of hydrogen-bond donors (Lipinski definition) is 0. The maximum Gasteiger partial charge on any atom is 0.407 e. The second kappa shape index (κ2) is 8.27. The summed E-state index contributed by atoms with van der Waals surface area (Å²) in [5, 5.41) is 12.7. The van der Waals surface area contributed by atoms with E-state index in [1.54, 1.807) is 19.1 Å². The molecule has 1 aromatic heterocycles. The van der Waals surface area contributed by atoms with Gasteiger partial charge in [0.1, 0.15) is 17.9 Å². The Morgan fingerprint density at radius 2 is 2.00 bits per heavy atom. The van der Waals surface area contributed by atoms with Crippen molar-refractivity contribution < 1.29 is 28.5 Å². The SMILES string of the molecule is CCCC(=O)OCc1nc2ccc(OC)cc2[n+]([O-])c1C(=O)OCC. The van der Waals surface area contributed by atoms with Gasteiger partial charge in [-0.1, -0.05) is 6.92 Å². The highest BCUT2D eigenvalue weighted by Crippen LogP contribution is 2.19. The molecule has 2 aromatic rings. The van der Waals surface area contributed by atoms with Gasteiger partial charge in [0.2, 0.25) is 5.52 Å². The number of nitrogens with zero attached hydrogens (tertiary/aromatic N) is 2. The summed E-state index contributed by atoms with van der Waals surface area (Å²) in [6, 6.07) is 4.71. The van der Waals surface area contributed by atoms with Gasteiger partial charge in [-0.2, -0.15) is 4.73 Å². The Bertz CT molecular complexity index is 790. The standard InChI is InChI=1S/C17H20N2O6/c1-4-6-15(20)25-10-13-16(17(21)24-5-2)19(22)14-9-11(23-3)7-8-12(14)18-13/h7-9H,4-6,10H2,1-3H3. The van der Waals surface area contributed by atoms with Crippen LogP contribution in [0.4, 0.5) is 0 Å². The number of ether oxygens (including phenoxy) is 3. The highest BCUT2D eigenvalue weighted by atomic mass is 16.5. The monoisotopic (exact) mass is 348 g/mol. The normalized spacial score (nSPS) is 10.5. The summed E-state index contributed by atoms with van der Waals surface area (Å²) < 4.78 is 15.6. The first-order valence-electron chi connectivity index (χ1n) is 7.94. The van der Waals surface area contributed by atoms with E-state index in [4.69, 9.17) is 14.2 Å². The molecule has 0 aliphatic carbocycles. The molecule has 0 saturated carbocycles. The van der Waals surface area contributed by atoms with Crippen LogP contribution < -0.4 is 9.47 Å². The van der Waals surface area contributed by atoms with Gasteiger partial charge in [-0.25, -0.2) is 9.78 Å². The molecule has 0 aliphatic heterocycles. The van der Waals surface area contributed by atoms with Crippen LogP contribution in [0.1, 0.15) is 42.9 Å². The molecule has 0 bridgehead atoms. The number of carbonyl (C=O) groups excluding carboxylic acids is 2. The zero-order chi connectivity index (χ0) is 18.4. The van der Waals surface area contributed by atoms with Gasteiger partial charge >= 0.3 is 17.6 Å². The van der Waals surface area contributed by atoms with Crippen LogP contribution in [0, 0.1) is 5.21 Å². The van der Waals surface area contributed by atoms with Crippen LogP contribution in [0.15, 0.2) is 18.2 Å². The van der Waals surface area contributed by atoms with Crippen LogP contribution in [0.5, 0.6) is 5.75 Å². The lowest BCUT2D eigenvalue weighted by molar-refractivity contribution is -0.581. The van der Waals surface area contributed by atoms with Gasteiger partial charge in [0, 0.05) is 6.42 Å².